The second-order valence-electron chi connectivity index (χ2n) is 4.73. The smallest absolute Gasteiger partial charge is 0.0543 e. The summed E-state index contributed by atoms with van der Waals surface area (Å²) in [7, 11) is -0.662. The van der Waals surface area contributed by atoms with Crippen LogP contribution in [0.1, 0.15) is 20.3 Å². The number of hydrogen-bond donors (Lipinski definition) is 1. The molecule has 0 bridgehead atoms. The van der Waals surface area contributed by atoms with Gasteiger partial charge in [0.1, 0.15) is 0 Å². The van der Waals surface area contributed by atoms with E-state index in [9.17, 15) is 4.21 Å². The molecule has 16 heavy (non-hydrogen) atoms. The van der Waals surface area contributed by atoms with E-state index in [0.29, 0.717) is 6.04 Å². The summed E-state index contributed by atoms with van der Waals surface area (Å²) >= 11 is 0. The van der Waals surface area contributed by atoms with Gasteiger partial charge in [-0.1, -0.05) is 0 Å². The molecule has 0 radical (unpaired) electrons. The highest BCUT2D eigenvalue weighted by atomic mass is 32.2. The van der Waals surface area contributed by atoms with Gasteiger partial charge in [0.05, 0.1) is 6.17 Å². The molecule has 0 saturated carbocycles. The minimum atomic E-state index is -0.662. The van der Waals surface area contributed by atoms with Crippen molar-refractivity contribution in [3.63, 3.8) is 0 Å². The van der Waals surface area contributed by atoms with E-state index in [0.717, 1.165) is 38.4 Å². The fraction of sp³-hybridized carbons (Fsp3) is 1.00. The Morgan fingerprint density at radius 3 is 2.12 bits per heavy atom. The molecule has 3 unspecified atom stereocenters. The molecule has 1 fully saturated rings. The number of nitrogens with zero attached hydrogens (tertiary/aromatic N) is 2. The summed E-state index contributed by atoms with van der Waals surface area (Å²) < 4.78 is 11.0. The molecule has 0 amide bonds. The van der Waals surface area contributed by atoms with Gasteiger partial charge < -0.3 is 5.73 Å². The number of piperazine rings is 1. The van der Waals surface area contributed by atoms with Crippen LogP contribution in [0.2, 0.25) is 0 Å². The maximum atomic E-state index is 11.0. The van der Waals surface area contributed by atoms with Crippen LogP contribution in [0.3, 0.4) is 0 Å². The van der Waals surface area contributed by atoms with Gasteiger partial charge in [-0.2, -0.15) is 0 Å². The summed E-state index contributed by atoms with van der Waals surface area (Å²) in [6.07, 6.45) is 2.97. The topological polar surface area (TPSA) is 49.6 Å². The SMILES string of the molecule is CC(N)N1CCN(C(C)CCS(C)=O)CC1. The van der Waals surface area contributed by atoms with Gasteiger partial charge in [-0.3, -0.25) is 14.0 Å². The minimum absolute atomic E-state index is 0.167. The highest BCUT2D eigenvalue weighted by molar-refractivity contribution is 7.84. The van der Waals surface area contributed by atoms with Crippen LogP contribution in [0.25, 0.3) is 0 Å². The van der Waals surface area contributed by atoms with Crippen molar-refractivity contribution in [2.75, 3.05) is 38.2 Å². The third kappa shape index (κ3) is 4.49. The van der Waals surface area contributed by atoms with Crippen LogP contribution in [0, 0.1) is 0 Å². The molecule has 1 heterocycles. The van der Waals surface area contributed by atoms with Crippen LogP contribution in [0.5, 0.6) is 0 Å². The van der Waals surface area contributed by atoms with Crippen LogP contribution in [-0.4, -0.2) is 64.4 Å². The van der Waals surface area contributed by atoms with Crippen molar-refractivity contribution in [1.82, 2.24) is 9.80 Å². The first kappa shape index (κ1) is 14.1. The zero-order valence-corrected chi connectivity index (χ0v) is 11.5. The molecule has 2 N–H and O–H groups in total. The molecule has 1 aliphatic rings. The van der Waals surface area contributed by atoms with E-state index in [4.69, 9.17) is 5.73 Å². The predicted molar refractivity (Wildman–Crippen MR) is 69.8 cm³/mol. The van der Waals surface area contributed by atoms with Gasteiger partial charge in [-0.25, -0.2) is 0 Å². The molecule has 0 aromatic heterocycles. The molecule has 5 heteroatoms. The van der Waals surface area contributed by atoms with Crippen molar-refractivity contribution in [2.45, 2.75) is 32.5 Å². The molecule has 4 nitrogen and oxygen atoms in total. The van der Waals surface area contributed by atoms with Crippen molar-refractivity contribution in [3.05, 3.63) is 0 Å². The van der Waals surface area contributed by atoms with Crippen molar-refractivity contribution < 1.29 is 4.21 Å². The first-order valence-electron chi connectivity index (χ1n) is 6.04. The third-order valence-corrected chi connectivity index (χ3v) is 4.18. The lowest BCUT2D eigenvalue weighted by atomic mass is 10.2. The number of hydrogen-bond acceptors (Lipinski definition) is 4. The van der Waals surface area contributed by atoms with E-state index >= 15 is 0 Å². The van der Waals surface area contributed by atoms with E-state index in [1.165, 1.54) is 0 Å². The standard InChI is InChI=1S/C11H25N3OS/c1-10(4-9-16(3)15)13-5-7-14(8-6-13)11(2)12/h10-11H,4-9,12H2,1-3H3. The Kier molecular flexibility index (Phi) is 5.89. The maximum Gasteiger partial charge on any atom is 0.0543 e. The lowest BCUT2D eigenvalue weighted by Gasteiger charge is -2.39. The van der Waals surface area contributed by atoms with Gasteiger partial charge in [0.2, 0.25) is 0 Å². The van der Waals surface area contributed by atoms with Crippen molar-refractivity contribution >= 4 is 10.8 Å². The van der Waals surface area contributed by atoms with E-state index < -0.39 is 10.8 Å². The van der Waals surface area contributed by atoms with Gasteiger partial charge in [-0.05, 0) is 20.3 Å². The molecule has 3 atom stereocenters. The third-order valence-electron chi connectivity index (χ3n) is 3.37. The summed E-state index contributed by atoms with van der Waals surface area (Å²) in [5.41, 5.74) is 5.85. The molecule has 1 saturated heterocycles. The van der Waals surface area contributed by atoms with E-state index in [-0.39, 0.29) is 6.17 Å². The van der Waals surface area contributed by atoms with Crippen LogP contribution >= 0.6 is 0 Å². The fourth-order valence-electron chi connectivity index (χ4n) is 2.10. The molecule has 0 spiro atoms. The summed E-state index contributed by atoms with van der Waals surface area (Å²) in [4.78, 5) is 4.78. The Morgan fingerprint density at radius 2 is 1.69 bits per heavy atom. The molecule has 0 aromatic rings. The summed E-state index contributed by atoms with van der Waals surface area (Å²) in [6, 6.07) is 0.541. The molecular formula is C11H25N3OS. The fourth-order valence-corrected chi connectivity index (χ4v) is 2.78. The van der Waals surface area contributed by atoms with Crippen LogP contribution < -0.4 is 5.73 Å². The highest BCUT2D eigenvalue weighted by Crippen LogP contribution is 2.10. The van der Waals surface area contributed by atoms with Gasteiger partial charge in [0.15, 0.2) is 0 Å². The zero-order valence-electron chi connectivity index (χ0n) is 10.7. The Labute approximate surface area is 102 Å². The van der Waals surface area contributed by atoms with E-state index in [1.807, 2.05) is 6.92 Å². The lowest BCUT2D eigenvalue weighted by Crippen LogP contribution is -2.54. The molecular weight excluding hydrogens is 222 g/mol. The highest BCUT2D eigenvalue weighted by Gasteiger charge is 2.22. The van der Waals surface area contributed by atoms with Crippen molar-refractivity contribution in [3.8, 4) is 0 Å². The van der Waals surface area contributed by atoms with Gasteiger partial charge in [0.25, 0.3) is 0 Å². The Hall–Kier alpha value is 0.0300. The largest absolute Gasteiger partial charge is 0.316 e. The summed E-state index contributed by atoms with van der Waals surface area (Å²) in [5.74, 6) is 0.814. The van der Waals surface area contributed by atoms with Crippen molar-refractivity contribution in [1.29, 1.82) is 0 Å². The Bertz CT molecular complexity index is 227. The second kappa shape index (κ2) is 6.69. The maximum absolute atomic E-state index is 11.0. The quantitative estimate of drug-likeness (QED) is 0.747. The first-order valence-corrected chi connectivity index (χ1v) is 7.77. The average molecular weight is 247 g/mol. The Balaban J connectivity index is 2.27. The van der Waals surface area contributed by atoms with E-state index in [2.05, 4.69) is 16.7 Å². The second-order valence-corrected chi connectivity index (χ2v) is 6.28. The van der Waals surface area contributed by atoms with Crippen LogP contribution in [-0.2, 0) is 10.8 Å². The Morgan fingerprint density at radius 1 is 1.19 bits per heavy atom. The zero-order chi connectivity index (χ0) is 12.1. The average Bonchev–Trinajstić information content (AvgIpc) is 2.26. The number of rotatable bonds is 5. The normalized spacial score (nSPS) is 25.2. The molecule has 96 valence electrons. The predicted octanol–water partition coefficient (Wildman–Crippen LogP) is 0.0658. The summed E-state index contributed by atoms with van der Waals surface area (Å²) in [6.45, 7) is 8.54. The lowest BCUT2D eigenvalue weighted by molar-refractivity contribution is 0.0794. The first-order chi connectivity index (χ1) is 7.50. The molecule has 1 aliphatic heterocycles. The van der Waals surface area contributed by atoms with Crippen LogP contribution in [0.4, 0.5) is 0 Å². The van der Waals surface area contributed by atoms with Crippen LogP contribution in [0.15, 0.2) is 0 Å². The molecule has 0 aromatic carbocycles. The van der Waals surface area contributed by atoms with E-state index in [1.54, 1.807) is 6.26 Å². The summed E-state index contributed by atoms with van der Waals surface area (Å²) in [5, 5.41) is 0. The molecule has 1 rings (SSSR count). The van der Waals surface area contributed by atoms with Crippen molar-refractivity contribution in [2.24, 2.45) is 5.73 Å². The minimum Gasteiger partial charge on any atom is -0.316 e. The number of nitrogens with two attached hydrogens (primary N) is 1. The van der Waals surface area contributed by atoms with Gasteiger partial charge >= 0.3 is 0 Å². The van der Waals surface area contributed by atoms with Gasteiger partial charge in [0, 0.05) is 55.0 Å². The van der Waals surface area contributed by atoms with Gasteiger partial charge in [-0.15, -0.1) is 0 Å². The molecule has 0 aliphatic carbocycles. The monoisotopic (exact) mass is 247 g/mol.